The molecule has 2 aromatic carbocycles. The van der Waals surface area contributed by atoms with E-state index in [1.54, 1.807) is 13.2 Å². The predicted molar refractivity (Wildman–Crippen MR) is 148 cm³/mol. The van der Waals surface area contributed by atoms with Gasteiger partial charge >= 0.3 is 6.03 Å². The van der Waals surface area contributed by atoms with Gasteiger partial charge in [0.25, 0.3) is 0 Å². The number of anilines is 2. The van der Waals surface area contributed by atoms with Gasteiger partial charge in [-0.2, -0.15) is 0 Å². The van der Waals surface area contributed by atoms with Crippen molar-refractivity contribution < 1.29 is 13.9 Å². The quantitative estimate of drug-likeness (QED) is 0.472. The Kier molecular flexibility index (Phi) is 9.33. The zero-order valence-electron chi connectivity index (χ0n) is 20.6. The van der Waals surface area contributed by atoms with Crippen LogP contribution in [-0.2, 0) is 0 Å². The number of halogens is 3. The second kappa shape index (κ2) is 12.0. The number of hydrogen-bond acceptors (Lipinski definition) is 4. The number of fused-ring (bicyclic) bond motifs is 1. The summed E-state index contributed by atoms with van der Waals surface area (Å²) in [5.41, 5.74) is 3.61. The van der Waals surface area contributed by atoms with Gasteiger partial charge < -0.3 is 29.7 Å². The number of carbonyl (C=O) groups excluding carboxylic acids is 1. The smallest absolute Gasteiger partial charge is 0.321 e. The number of aromatic amines is 1. The molecule has 2 N–H and O–H groups in total. The summed E-state index contributed by atoms with van der Waals surface area (Å²) in [5, 5.41) is 3.75. The van der Waals surface area contributed by atoms with Crippen LogP contribution in [0.3, 0.4) is 0 Å². The normalized spacial score (nSPS) is 16.9. The zero-order valence-corrected chi connectivity index (χ0v) is 22.3. The molecule has 1 aromatic heterocycles. The lowest BCUT2D eigenvalue weighted by atomic mass is 9.89. The van der Waals surface area contributed by atoms with Gasteiger partial charge in [-0.05, 0) is 61.7 Å². The van der Waals surface area contributed by atoms with Crippen molar-refractivity contribution in [3.05, 3.63) is 54.0 Å². The van der Waals surface area contributed by atoms with Crippen LogP contribution in [0.2, 0.25) is 0 Å². The number of urea groups is 1. The number of piperidine rings is 1. The van der Waals surface area contributed by atoms with Crippen LogP contribution < -0.4 is 15.0 Å². The lowest BCUT2D eigenvalue weighted by molar-refractivity contribution is 0.194. The molecule has 10 heteroatoms. The van der Waals surface area contributed by atoms with Crippen molar-refractivity contribution in [2.75, 3.05) is 63.6 Å². The van der Waals surface area contributed by atoms with Gasteiger partial charge in [0.15, 0.2) is 0 Å². The molecule has 0 saturated carbocycles. The number of hydrogen-bond donors (Lipinski definition) is 2. The Morgan fingerprint density at radius 2 is 1.78 bits per heavy atom. The number of nitrogens with zero attached hydrogens (tertiary/aromatic N) is 3. The summed E-state index contributed by atoms with van der Waals surface area (Å²) >= 11 is 0. The number of likely N-dealkylation sites (tertiary alicyclic amines) is 1. The van der Waals surface area contributed by atoms with Crippen molar-refractivity contribution in [2.24, 2.45) is 0 Å². The highest BCUT2D eigenvalue weighted by molar-refractivity contribution is 5.90. The number of rotatable bonds is 4. The van der Waals surface area contributed by atoms with Crippen LogP contribution in [0.1, 0.15) is 24.3 Å². The third-order valence-corrected chi connectivity index (χ3v) is 7.18. The van der Waals surface area contributed by atoms with Crippen LogP contribution in [0.15, 0.2) is 42.6 Å². The first-order valence-corrected chi connectivity index (χ1v) is 12.0. The predicted octanol–water partition coefficient (Wildman–Crippen LogP) is 5.32. The summed E-state index contributed by atoms with van der Waals surface area (Å²) in [4.78, 5) is 22.7. The van der Waals surface area contributed by atoms with Gasteiger partial charge in [0, 0.05) is 62.1 Å². The molecular formula is C26H34Cl2FN5O2. The lowest BCUT2D eigenvalue weighted by Crippen LogP contribution is -2.44. The van der Waals surface area contributed by atoms with E-state index < -0.39 is 0 Å². The number of aromatic nitrogens is 1. The molecule has 0 radical (unpaired) electrons. The highest BCUT2D eigenvalue weighted by Crippen LogP contribution is 2.35. The van der Waals surface area contributed by atoms with E-state index in [0.717, 1.165) is 67.2 Å². The third kappa shape index (κ3) is 5.66. The average Bonchev–Trinajstić information content (AvgIpc) is 3.30. The molecule has 2 fully saturated rings. The number of ether oxygens (including phenoxy) is 1. The molecule has 2 aliphatic rings. The topological polar surface area (TPSA) is 63.8 Å². The fraction of sp³-hybridized carbons (Fsp3) is 0.423. The SMILES string of the molecule is COc1ccc(NC(=O)N2CCC(c3c[nH]c4cccc(F)c34)CC2)cc1N1CCN(C)CC1.Cl.Cl. The number of amides is 2. The minimum Gasteiger partial charge on any atom is -0.495 e. The van der Waals surface area contributed by atoms with Crippen molar-refractivity contribution in [3.63, 3.8) is 0 Å². The second-order valence-corrected chi connectivity index (χ2v) is 9.27. The number of nitrogens with one attached hydrogen (secondary N) is 2. The minimum absolute atomic E-state index is 0. The van der Waals surface area contributed by atoms with Crippen molar-refractivity contribution in [1.82, 2.24) is 14.8 Å². The number of benzene rings is 2. The Bertz CT molecular complexity index is 1170. The Hall–Kier alpha value is -2.68. The molecule has 7 nitrogen and oxygen atoms in total. The highest BCUT2D eigenvalue weighted by Gasteiger charge is 2.27. The van der Waals surface area contributed by atoms with Crippen LogP contribution in [0.4, 0.5) is 20.6 Å². The van der Waals surface area contributed by atoms with Gasteiger partial charge in [0.05, 0.1) is 12.8 Å². The van der Waals surface area contributed by atoms with Crippen LogP contribution in [0.5, 0.6) is 5.75 Å². The maximum atomic E-state index is 14.4. The minimum atomic E-state index is -0.190. The third-order valence-electron chi connectivity index (χ3n) is 7.18. The number of methoxy groups -OCH3 is 1. The lowest BCUT2D eigenvalue weighted by Gasteiger charge is -2.35. The molecule has 3 aromatic rings. The van der Waals surface area contributed by atoms with Gasteiger partial charge in [0.2, 0.25) is 0 Å². The molecule has 0 unspecified atom stereocenters. The molecule has 0 bridgehead atoms. The molecular weight excluding hydrogens is 504 g/mol. The van der Waals surface area contributed by atoms with E-state index in [1.165, 1.54) is 6.07 Å². The summed E-state index contributed by atoms with van der Waals surface area (Å²) in [6.07, 6.45) is 3.54. The highest BCUT2D eigenvalue weighted by atomic mass is 35.5. The Balaban J connectivity index is 0.00000180. The molecule has 0 spiro atoms. The van der Waals surface area contributed by atoms with E-state index in [2.05, 4.69) is 27.1 Å². The van der Waals surface area contributed by atoms with E-state index in [1.807, 2.05) is 35.4 Å². The maximum absolute atomic E-state index is 14.4. The molecule has 2 amide bonds. The fourth-order valence-corrected chi connectivity index (χ4v) is 5.15. The molecule has 0 atom stereocenters. The zero-order chi connectivity index (χ0) is 23.7. The van der Waals surface area contributed by atoms with Crippen LogP contribution in [0.25, 0.3) is 10.9 Å². The molecule has 36 heavy (non-hydrogen) atoms. The van der Waals surface area contributed by atoms with Crippen LogP contribution in [-0.4, -0.2) is 74.2 Å². The van der Waals surface area contributed by atoms with Crippen molar-refractivity contribution in [3.8, 4) is 5.75 Å². The Morgan fingerprint density at radius 1 is 1.06 bits per heavy atom. The largest absolute Gasteiger partial charge is 0.495 e. The summed E-state index contributed by atoms with van der Waals surface area (Å²) in [7, 11) is 3.81. The molecule has 5 rings (SSSR count). The van der Waals surface area contributed by atoms with Crippen LogP contribution in [0, 0.1) is 5.82 Å². The van der Waals surface area contributed by atoms with Crippen LogP contribution >= 0.6 is 24.8 Å². The number of carbonyl (C=O) groups is 1. The monoisotopic (exact) mass is 537 g/mol. The van der Waals surface area contributed by atoms with Crippen molar-refractivity contribution in [2.45, 2.75) is 18.8 Å². The van der Waals surface area contributed by atoms with Crippen molar-refractivity contribution >= 4 is 53.1 Å². The van der Waals surface area contributed by atoms with Gasteiger partial charge in [0.1, 0.15) is 11.6 Å². The summed E-state index contributed by atoms with van der Waals surface area (Å²) in [6.45, 7) is 5.11. The van der Waals surface area contributed by atoms with Crippen molar-refractivity contribution in [1.29, 1.82) is 0 Å². The molecule has 0 aliphatic carbocycles. The standard InChI is InChI=1S/C26H32FN5O2.2ClH/c1-30-12-14-31(15-13-30)23-16-19(6-7-24(23)34-2)29-26(33)32-10-8-18(9-11-32)20-17-28-22-5-3-4-21(27)25(20)22;;/h3-7,16-18,28H,8-15H2,1-2H3,(H,29,33);2*1H. The summed E-state index contributed by atoms with van der Waals surface area (Å²) < 4.78 is 20.0. The molecule has 196 valence electrons. The Morgan fingerprint density at radius 3 is 2.47 bits per heavy atom. The number of H-pyrrole nitrogens is 1. The maximum Gasteiger partial charge on any atom is 0.321 e. The van der Waals surface area contributed by atoms with E-state index >= 15 is 0 Å². The first kappa shape index (κ1) is 27.9. The Labute approximate surface area is 223 Å². The first-order valence-electron chi connectivity index (χ1n) is 12.0. The fourth-order valence-electron chi connectivity index (χ4n) is 5.15. The summed E-state index contributed by atoms with van der Waals surface area (Å²) in [6, 6.07) is 10.8. The van der Waals surface area contributed by atoms with E-state index in [0.29, 0.717) is 18.5 Å². The number of piperazine rings is 1. The van der Waals surface area contributed by atoms with E-state index in [-0.39, 0.29) is 42.6 Å². The van der Waals surface area contributed by atoms with Gasteiger partial charge in [-0.1, -0.05) is 6.07 Å². The molecule has 2 aliphatic heterocycles. The second-order valence-electron chi connectivity index (χ2n) is 9.27. The first-order chi connectivity index (χ1) is 16.5. The number of likely N-dealkylation sites (N-methyl/N-ethyl adjacent to an activating group) is 1. The van der Waals surface area contributed by atoms with E-state index in [9.17, 15) is 9.18 Å². The average molecular weight is 538 g/mol. The van der Waals surface area contributed by atoms with Gasteiger partial charge in [-0.3, -0.25) is 0 Å². The van der Waals surface area contributed by atoms with Gasteiger partial charge in [-0.15, -0.1) is 24.8 Å². The summed E-state index contributed by atoms with van der Waals surface area (Å²) in [5.74, 6) is 0.860. The van der Waals surface area contributed by atoms with Gasteiger partial charge in [-0.25, -0.2) is 9.18 Å². The van der Waals surface area contributed by atoms with E-state index in [4.69, 9.17) is 4.74 Å². The molecule has 2 saturated heterocycles. The molecule has 3 heterocycles.